The Morgan fingerprint density at radius 3 is 2.61 bits per heavy atom. The molecule has 1 aromatic carbocycles. The van der Waals surface area contributed by atoms with E-state index in [4.69, 9.17) is 10.5 Å². The van der Waals surface area contributed by atoms with Crippen molar-refractivity contribution in [2.45, 2.75) is 6.54 Å². The van der Waals surface area contributed by atoms with Gasteiger partial charge in [-0.15, -0.1) is 0 Å². The maximum absolute atomic E-state index is 10.8. The zero-order valence-electron chi connectivity index (χ0n) is 11.0. The topological polar surface area (TPSA) is 67.6 Å². The summed E-state index contributed by atoms with van der Waals surface area (Å²) in [6.45, 7) is 2.58. The number of nitrogens with zero attached hydrogens (tertiary/aromatic N) is 1. The van der Waals surface area contributed by atoms with Crippen LogP contribution in [-0.2, 0) is 16.1 Å². The Balaban J connectivity index is 2.44. The first-order chi connectivity index (χ1) is 8.63. The highest BCUT2D eigenvalue weighted by Crippen LogP contribution is 2.13. The predicted octanol–water partition coefficient (Wildman–Crippen LogP) is 0.344. The minimum atomic E-state index is -0.331. The van der Waals surface area contributed by atoms with Crippen molar-refractivity contribution >= 4 is 11.6 Å². The van der Waals surface area contributed by atoms with E-state index >= 15 is 0 Å². The monoisotopic (exact) mass is 251 g/mol. The van der Waals surface area contributed by atoms with Crippen LogP contribution >= 0.6 is 0 Å². The molecule has 1 rings (SSSR count). The van der Waals surface area contributed by atoms with Crippen LogP contribution < -0.4 is 16.0 Å². The number of hydrogen-bond donors (Lipinski definition) is 2. The first-order valence-corrected chi connectivity index (χ1v) is 5.91. The first-order valence-electron chi connectivity index (χ1n) is 5.91. The molecule has 0 bridgehead atoms. The molecule has 100 valence electrons. The highest BCUT2D eigenvalue weighted by Gasteiger charge is 2.03. The number of carbonyl (C=O) groups excluding carboxylic acids is 1. The lowest BCUT2D eigenvalue weighted by Crippen LogP contribution is -2.30. The summed E-state index contributed by atoms with van der Waals surface area (Å²) in [5.41, 5.74) is 7.33. The number of primary amides is 1. The lowest BCUT2D eigenvalue weighted by molar-refractivity contribution is -0.116. The van der Waals surface area contributed by atoms with Gasteiger partial charge in [0, 0.05) is 32.9 Å². The van der Waals surface area contributed by atoms with Crippen LogP contribution in [0.5, 0.6) is 0 Å². The molecule has 0 atom stereocenters. The van der Waals surface area contributed by atoms with E-state index in [1.165, 1.54) is 5.56 Å². The fraction of sp³-hybridized carbons (Fsp3) is 0.462. The molecule has 0 unspecified atom stereocenters. The molecule has 0 aliphatic rings. The number of carbonyl (C=O) groups is 1. The molecule has 0 aliphatic heterocycles. The molecule has 1 amide bonds. The zero-order valence-corrected chi connectivity index (χ0v) is 11.0. The largest absolute Gasteiger partial charge is 0.383 e. The van der Waals surface area contributed by atoms with Crippen LogP contribution in [0.3, 0.4) is 0 Å². The summed E-state index contributed by atoms with van der Waals surface area (Å²) in [6, 6.07) is 8.03. The third-order valence-electron chi connectivity index (χ3n) is 2.58. The Bertz CT molecular complexity index is 365. The number of likely N-dealkylation sites (N-methyl/N-ethyl adjacent to an activating group) is 1. The fourth-order valence-electron chi connectivity index (χ4n) is 1.60. The average molecular weight is 251 g/mol. The molecule has 0 saturated carbocycles. The number of nitrogens with one attached hydrogen (secondary N) is 1. The van der Waals surface area contributed by atoms with Gasteiger partial charge >= 0.3 is 0 Å². The molecule has 18 heavy (non-hydrogen) atoms. The number of rotatable bonds is 8. The van der Waals surface area contributed by atoms with Gasteiger partial charge in [0.1, 0.15) is 0 Å². The molecular formula is C13H21N3O2. The van der Waals surface area contributed by atoms with Crippen molar-refractivity contribution in [2.24, 2.45) is 5.73 Å². The minimum absolute atomic E-state index is 0.228. The summed E-state index contributed by atoms with van der Waals surface area (Å²) in [4.78, 5) is 12.6. The number of nitrogens with two attached hydrogens (primary N) is 1. The van der Waals surface area contributed by atoms with Crippen molar-refractivity contribution in [1.82, 2.24) is 5.32 Å². The van der Waals surface area contributed by atoms with Crippen LogP contribution in [0, 0.1) is 0 Å². The van der Waals surface area contributed by atoms with Gasteiger partial charge in [-0.05, 0) is 17.7 Å². The fourth-order valence-corrected chi connectivity index (χ4v) is 1.60. The smallest absolute Gasteiger partial charge is 0.236 e. The standard InChI is InChI=1S/C13H21N3O2/c1-16(10-13(14)17)12-5-3-11(4-6-12)9-15-7-8-18-2/h3-6,15H,7-10H2,1-2H3,(H2,14,17). The predicted molar refractivity (Wildman–Crippen MR) is 72.5 cm³/mol. The Labute approximate surface area is 108 Å². The van der Waals surface area contributed by atoms with Crippen LogP contribution in [0.1, 0.15) is 5.56 Å². The first kappa shape index (κ1) is 14.5. The lowest BCUT2D eigenvalue weighted by Gasteiger charge is -2.17. The molecule has 0 radical (unpaired) electrons. The Morgan fingerprint density at radius 1 is 1.39 bits per heavy atom. The second-order valence-corrected chi connectivity index (χ2v) is 4.16. The third kappa shape index (κ3) is 5.16. The van der Waals surface area contributed by atoms with Crippen molar-refractivity contribution < 1.29 is 9.53 Å². The van der Waals surface area contributed by atoms with Crippen LogP contribution in [-0.4, -0.2) is 39.8 Å². The van der Waals surface area contributed by atoms with Crippen LogP contribution in [0.4, 0.5) is 5.69 Å². The van der Waals surface area contributed by atoms with Crippen molar-refractivity contribution in [1.29, 1.82) is 0 Å². The number of benzene rings is 1. The second-order valence-electron chi connectivity index (χ2n) is 4.16. The summed E-state index contributed by atoms with van der Waals surface area (Å²) >= 11 is 0. The molecule has 3 N–H and O–H groups in total. The van der Waals surface area contributed by atoms with Gasteiger partial charge in [-0.1, -0.05) is 12.1 Å². The van der Waals surface area contributed by atoms with Crippen LogP contribution in [0.15, 0.2) is 24.3 Å². The maximum atomic E-state index is 10.8. The number of ether oxygens (including phenoxy) is 1. The highest BCUT2D eigenvalue weighted by atomic mass is 16.5. The summed E-state index contributed by atoms with van der Waals surface area (Å²) < 4.78 is 4.95. The second kappa shape index (κ2) is 7.68. The molecular weight excluding hydrogens is 230 g/mol. The molecule has 0 aliphatic carbocycles. The zero-order chi connectivity index (χ0) is 13.4. The maximum Gasteiger partial charge on any atom is 0.236 e. The highest BCUT2D eigenvalue weighted by molar-refractivity contribution is 5.79. The van der Waals surface area contributed by atoms with E-state index in [2.05, 4.69) is 5.32 Å². The number of methoxy groups -OCH3 is 1. The third-order valence-corrected chi connectivity index (χ3v) is 2.58. The Hall–Kier alpha value is -1.59. The molecule has 0 aromatic heterocycles. The average Bonchev–Trinajstić information content (AvgIpc) is 2.34. The van der Waals surface area contributed by atoms with E-state index in [-0.39, 0.29) is 12.5 Å². The summed E-state index contributed by atoms with van der Waals surface area (Å²) in [5.74, 6) is -0.331. The Morgan fingerprint density at radius 2 is 2.06 bits per heavy atom. The van der Waals surface area contributed by atoms with E-state index in [9.17, 15) is 4.79 Å². The summed E-state index contributed by atoms with van der Waals surface area (Å²) in [5, 5.41) is 3.27. The van der Waals surface area contributed by atoms with Gasteiger partial charge in [0.05, 0.1) is 13.2 Å². The van der Waals surface area contributed by atoms with Gasteiger partial charge in [-0.2, -0.15) is 0 Å². The van der Waals surface area contributed by atoms with E-state index < -0.39 is 0 Å². The summed E-state index contributed by atoms with van der Waals surface area (Å²) in [7, 11) is 3.53. The van der Waals surface area contributed by atoms with Gasteiger partial charge in [0.25, 0.3) is 0 Å². The number of hydrogen-bond acceptors (Lipinski definition) is 4. The van der Waals surface area contributed by atoms with Gasteiger partial charge in [-0.25, -0.2) is 0 Å². The van der Waals surface area contributed by atoms with Crippen molar-refractivity contribution in [3.8, 4) is 0 Å². The normalized spacial score (nSPS) is 10.3. The molecule has 0 heterocycles. The van der Waals surface area contributed by atoms with Crippen molar-refractivity contribution in [3.05, 3.63) is 29.8 Å². The minimum Gasteiger partial charge on any atom is -0.383 e. The van der Waals surface area contributed by atoms with Gasteiger partial charge in [-0.3, -0.25) is 4.79 Å². The van der Waals surface area contributed by atoms with Gasteiger partial charge in [0.15, 0.2) is 0 Å². The van der Waals surface area contributed by atoms with Crippen LogP contribution in [0.25, 0.3) is 0 Å². The van der Waals surface area contributed by atoms with E-state index in [1.807, 2.05) is 36.2 Å². The van der Waals surface area contributed by atoms with Crippen molar-refractivity contribution in [3.63, 3.8) is 0 Å². The molecule has 5 nitrogen and oxygen atoms in total. The van der Waals surface area contributed by atoms with Gasteiger partial charge < -0.3 is 20.7 Å². The quantitative estimate of drug-likeness (QED) is 0.654. The van der Waals surface area contributed by atoms with E-state index in [1.54, 1.807) is 7.11 Å². The molecule has 0 saturated heterocycles. The van der Waals surface area contributed by atoms with Gasteiger partial charge in [0.2, 0.25) is 5.91 Å². The molecule has 1 aromatic rings. The molecule has 5 heteroatoms. The van der Waals surface area contributed by atoms with E-state index in [0.717, 1.165) is 18.8 Å². The number of amides is 1. The Kier molecular flexibility index (Phi) is 6.18. The number of anilines is 1. The SMILES string of the molecule is COCCNCc1ccc(N(C)CC(N)=O)cc1. The molecule has 0 fully saturated rings. The lowest BCUT2D eigenvalue weighted by atomic mass is 10.2. The van der Waals surface area contributed by atoms with Crippen LogP contribution in [0.2, 0.25) is 0 Å². The van der Waals surface area contributed by atoms with Crippen molar-refractivity contribution in [2.75, 3.05) is 38.8 Å². The van der Waals surface area contributed by atoms with E-state index in [0.29, 0.717) is 6.61 Å². The summed E-state index contributed by atoms with van der Waals surface area (Å²) in [6.07, 6.45) is 0. The molecule has 0 spiro atoms.